The third-order valence-electron chi connectivity index (χ3n) is 4.15. The molecule has 1 aromatic rings. The van der Waals surface area contributed by atoms with E-state index in [4.69, 9.17) is 0 Å². The zero-order chi connectivity index (χ0) is 13.2. The van der Waals surface area contributed by atoms with Gasteiger partial charge in [-0.1, -0.05) is 0 Å². The van der Waals surface area contributed by atoms with Gasteiger partial charge < -0.3 is 9.80 Å². The second kappa shape index (κ2) is 5.35. The molecule has 0 radical (unpaired) electrons. The van der Waals surface area contributed by atoms with Crippen LogP contribution >= 0.6 is 0 Å². The molecule has 2 aliphatic heterocycles. The van der Waals surface area contributed by atoms with Crippen LogP contribution in [0.5, 0.6) is 0 Å². The van der Waals surface area contributed by atoms with Crippen LogP contribution in [0.2, 0.25) is 0 Å². The van der Waals surface area contributed by atoms with Crippen molar-refractivity contribution in [3.63, 3.8) is 0 Å². The highest BCUT2D eigenvalue weighted by atomic mass is 19.1. The monoisotopic (exact) mass is 266 g/mol. The molecule has 0 atom stereocenters. The Morgan fingerprint density at radius 2 is 1.16 bits per heavy atom. The first-order chi connectivity index (χ1) is 9.25. The first-order valence-electron chi connectivity index (χ1n) is 7.24. The van der Waals surface area contributed by atoms with Crippen molar-refractivity contribution in [2.75, 3.05) is 36.0 Å². The summed E-state index contributed by atoms with van der Waals surface area (Å²) in [5.74, 6) is -0.826. The molecule has 0 aromatic heterocycles. The van der Waals surface area contributed by atoms with E-state index in [1.54, 1.807) is 0 Å². The molecule has 3 rings (SSSR count). The Bertz CT molecular complexity index is 426. The first-order valence-corrected chi connectivity index (χ1v) is 7.24. The lowest BCUT2D eigenvalue weighted by Crippen LogP contribution is -2.31. The Labute approximate surface area is 113 Å². The number of rotatable bonds is 2. The molecule has 0 saturated carbocycles. The minimum atomic E-state index is -0.413. The van der Waals surface area contributed by atoms with E-state index < -0.39 is 11.6 Å². The van der Waals surface area contributed by atoms with Crippen molar-refractivity contribution < 1.29 is 8.78 Å². The highest BCUT2D eigenvalue weighted by Crippen LogP contribution is 2.31. The van der Waals surface area contributed by atoms with E-state index in [1.807, 2.05) is 4.90 Å². The molecule has 0 spiro atoms. The summed E-state index contributed by atoms with van der Waals surface area (Å²) in [5.41, 5.74) is 0.857. The SMILES string of the molecule is Fc1cc(N2CCCC2)cc(F)c1N1CCCCC1. The number of hydrogen-bond acceptors (Lipinski definition) is 2. The van der Waals surface area contributed by atoms with Crippen LogP contribution in [0.15, 0.2) is 12.1 Å². The van der Waals surface area contributed by atoms with Gasteiger partial charge in [0.2, 0.25) is 0 Å². The molecule has 4 heteroatoms. The van der Waals surface area contributed by atoms with Crippen molar-refractivity contribution in [2.45, 2.75) is 32.1 Å². The van der Waals surface area contributed by atoms with E-state index in [0.717, 1.165) is 58.3 Å². The molecule has 0 unspecified atom stereocenters. The van der Waals surface area contributed by atoms with Gasteiger partial charge >= 0.3 is 0 Å². The smallest absolute Gasteiger partial charge is 0.151 e. The van der Waals surface area contributed by atoms with Crippen LogP contribution in [-0.2, 0) is 0 Å². The van der Waals surface area contributed by atoms with Gasteiger partial charge in [0.25, 0.3) is 0 Å². The Kier molecular flexibility index (Phi) is 3.58. The second-order valence-corrected chi connectivity index (χ2v) is 5.50. The summed E-state index contributed by atoms with van der Waals surface area (Å²) in [7, 11) is 0. The topological polar surface area (TPSA) is 6.48 Å². The van der Waals surface area contributed by atoms with Crippen LogP contribution in [0, 0.1) is 11.6 Å². The molecule has 1 aromatic carbocycles. The summed E-state index contributed by atoms with van der Waals surface area (Å²) >= 11 is 0. The molecule has 2 fully saturated rings. The first kappa shape index (κ1) is 12.7. The lowest BCUT2D eigenvalue weighted by atomic mass is 10.1. The maximum Gasteiger partial charge on any atom is 0.151 e. The fourth-order valence-electron chi connectivity index (χ4n) is 3.13. The zero-order valence-electron chi connectivity index (χ0n) is 11.2. The maximum absolute atomic E-state index is 14.2. The molecule has 104 valence electrons. The van der Waals surface area contributed by atoms with Crippen molar-refractivity contribution in [1.82, 2.24) is 0 Å². The van der Waals surface area contributed by atoms with Crippen LogP contribution in [0.4, 0.5) is 20.2 Å². The van der Waals surface area contributed by atoms with E-state index >= 15 is 0 Å². The molecule has 0 amide bonds. The number of benzene rings is 1. The van der Waals surface area contributed by atoms with Crippen molar-refractivity contribution >= 4 is 11.4 Å². The van der Waals surface area contributed by atoms with Crippen molar-refractivity contribution in [1.29, 1.82) is 0 Å². The van der Waals surface area contributed by atoms with Crippen molar-refractivity contribution in [3.8, 4) is 0 Å². The van der Waals surface area contributed by atoms with Crippen LogP contribution in [-0.4, -0.2) is 26.2 Å². The van der Waals surface area contributed by atoms with Crippen molar-refractivity contribution in [3.05, 3.63) is 23.8 Å². The van der Waals surface area contributed by atoms with Gasteiger partial charge in [-0.3, -0.25) is 0 Å². The summed E-state index contributed by atoms with van der Waals surface area (Å²) in [5, 5.41) is 0. The fraction of sp³-hybridized carbons (Fsp3) is 0.600. The van der Waals surface area contributed by atoms with E-state index in [0.29, 0.717) is 5.69 Å². The maximum atomic E-state index is 14.2. The summed E-state index contributed by atoms with van der Waals surface area (Å²) in [6, 6.07) is 3.00. The standard InChI is InChI=1S/C15H20F2N2/c16-13-10-12(18-6-4-5-7-18)11-14(17)15(13)19-8-2-1-3-9-19/h10-11H,1-9H2. The van der Waals surface area contributed by atoms with Crippen LogP contribution in [0.1, 0.15) is 32.1 Å². The summed E-state index contributed by atoms with van der Waals surface area (Å²) in [6.45, 7) is 3.33. The average molecular weight is 266 g/mol. The van der Waals surface area contributed by atoms with Gasteiger partial charge in [-0.2, -0.15) is 0 Å². The molecule has 2 saturated heterocycles. The molecular formula is C15H20F2N2. The van der Waals surface area contributed by atoms with Gasteiger partial charge in [0, 0.05) is 31.9 Å². The molecule has 2 nitrogen and oxygen atoms in total. The lowest BCUT2D eigenvalue weighted by molar-refractivity contribution is 0.530. The lowest BCUT2D eigenvalue weighted by Gasteiger charge is -2.30. The molecule has 19 heavy (non-hydrogen) atoms. The molecule has 2 heterocycles. The second-order valence-electron chi connectivity index (χ2n) is 5.50. The van der Waals surface area contributed by atoms with E-state index in [1.165, 1.54) is 12.1 Å². The third-order valence-corrected chi connectivity index (χ3v) is 4.15. The Hall–Kier alpha value is -1.32. The number of piperidine rings is 1. The van der Waals surface area contributed by atoms with Gasteiger partial charge in [0.15, 0.2) is 11.6 Å². The minimum absolute atomic E-state index is 0.169. The van der Waals surface area contributed by atoms with Gasteiger partial charge in [0.05, 0.1) is 0 Å². The molecule has 0 N–H and O–H groups in total. The van der Waals surface area contributed by atoms with Crippen molar-refractivity contribution in [2.24, 2.45) is 0 Å². The van der Waals surface area contributed by atoms with E-state index in [-0.39, 0.29) is 5.69 Å². The number of anilines is 2. The Morgan fingerprint density at radius 3 is 1.74 bits per heavy atom. The highest BCUT2D eigenvalue weighted by Gasteiger charge is 2.22. The third kappa shape index (κ3) is 2.53. The number of hydrogen-bond donors (Lipinski definition) is 0. The molecule has 2 aliphatic rings. The Balaban J connectivity index is 1.88. The normalized spacial score (nSPS) is 20.1. The van der Waals surface area contributed by atoms with Gasteiger partial charge in [-0.25, -0.2) is 8.78 Å². The van der Waals surface area contributed by atoms with Crippen LogP contribution in [0.3, 0.4) is 0 Å². The largest absolute Gasteiger partial charge is 0.371 e. The number of halogens is 2. The predicted octanol–water partition coefficient (Wildman–Crippen LogP) is 3.56. The van der Waals surface area contributed by atoms with E-state index in [9.17, 15) is 8.78 Å². The quantitative estimate of drug-likeness (QED) is 0.807. The summed E-state index contributed by atoms with van der Waals surface area (Å²) in [4.78, 5) is 3.91. The number of nitrogens with zero attached hydrogens (tertiary/aromatic N) is 2. The zero-order valence-corrected chi connectivity index (χ0v) is 11.2. The van der Waals surface area contributed by atoms with E-state index in [2.05, 4.69) is 4.90 Å². The average Bonchev–Trinajstić information content (AvgIpc) is 2.93. The fourth-order valence-corrected chi connectivity index (χ4v) is 3.13. The molecular weight excluding hydrogens is 246 g/mol. The van der Waals surface area contributed by atoms with Gasteiger partial charge in [0.1, 0.15) is 5.69 Å². The van der Waals surface area contributed by atoms with Gasteiger partial charge in [-0.05, 0) is 44.2 Å². The Morgan fingerprint density at radius 1 is 0.684 bits per heavy atom. The van der Waals surface area contributed by atoms with Crippen LogP contribution < -0.4 is 9.80 Å². The molecule has 0 bridgehead atoms. The minimum Gasteiger partial charge on any atom is -0.371 e. The van der Waals surface area contributed by atoms with Crippen LogP contribution in [0.25, 0.3) is 0 Å². The summed E-state index contributed by atoms with van der Waals surface area (Å²) < 4.78 is 28.5. The molecule has 0 aliphatic carbocycles. The highest BCUT2D eigenvalue weighted by molar-refractivity contribution is 5.59. The van der Waals surface area contributed by atoms with Gasteiger partial charge in [-0.15, -0.1) is 0 Å². The summed E-state index contributed by atoms with van der Waals surface area (Å²) in [6.07, 6.45) is 5.42. The predicted molar refractivity (Wildman–Crippen MR) is 73.9 cm³/mol.